The highest BCUT2D eigenvalue weighted by Gasteiger charge is 2.16. The van der Waals surface area contributed by atoms with Gasteiger partial charge in [-0.05, 0) is 30.2 Å². The van der Waals surface area contributed by atoms with Gasteiger partial charge in [0.15, 0.2) is 5.82 Å². The lowest BCUT2D eigenvalue weighted by molar-refractivity contribution is 0.424. The van der Waals surface area contributed by atoms with Crippen LogP contribution in [0.1, 0.15) is 17.0 Å². The normalized spacial score (nSPS) is 11.0. The zero-order chi connectivity index (χ0) is 15.0. The summed E-state index contributed by atoms with van der Waals surface area (Å²) >= 11 is 7.13. The predicted molar refractivity (Wildman–Crippen MR) is 81.0 cm³/mol. The van der Waals surface area contributed by atoms with Gasteiger partial charge in [-0.25, -0.2) is 4.39 Å². The second kappa shape index (κ2) is 5.46. The van der Waals surface area contributed by atoms with Crippen molar-refractivity contribution in [3.63, 3.8) is 0 Å². The number of thiophene rings is 1. The first kappa shape index (κ1) is 14.0. The molecule has 0 radical (unpaired) electrons. The monoisotopic (exact) mass is 323 g/mol. The molecule has 4 nitrogen and oxygen atoms in total. The summed E-state index contributed by atoms with van der Waals surface area (Å²) in [5.74, 6) is 0.339. The van der Waals surface area contributed by atoms with Gasteiger partial charge in [-0.15, -0.1) is 11.3 Å². The first-order chi connectivity index (χ1) is 10.0. The maximum Gasteiger partial charge on any atom is 0.268 e. The molecule has 21 heavy (non-hydrogen) atoms. The number of halogens is 2. The Morgan fingerprint density at radius 3 is 2.95 bits per heavy atom. The average Bonchev–Trinajstić information content (AvgIpc) is 3.01. The molecule has 2 heterocycles. The summed E-state index contributed by atoms with van der Waals surface area (Å²) in [5.41, 5.74) is 7.15. The molecule has 0 bridgehead atoms. The number of hydrogen-bond donors (Lipinski definition) is 1. The van der Waals surface area contributed by atoms with Gasteiger partial charge in [0.25, 0.3) is 5.89 Å². The van der Waals surface area contributed by atoms with Crippen LogP contribution < -0.4 is 5.73 Å². The molecule has 0 amide bonds. The quantitative estimate of drug-likeness (QED) is 0.789. The van der Waals surface area contributed by atoms with E-state index < -0.39 is 5.82 Å². The van der Waals surface area contributed by atoms with Crippen LogP contribution in [0.25, 0.3) is 10.8 Å². The highest BCUT2D eigenvalue weighted by Crippen LogP contribution is 2.32. The SMILES string of the molecule is Cc1cc(N)sc1-c1nc(Cc2cccc(Cl)c2F)no1. The summed E-state index contributed by atoms with van der Waals surface area (Å²) in [4.78, 5) is 5.12. The Bertz CT molecular complexity index is 799. The fraction of sp³-hybridized carbons (Fsp3) is 0.143. The van der Waals surface area contributed by atoms with Crippen LogP contribution in [-0.4, -0.2) is 10.1 Å². The molecule has 1 aromatic carbocycles. The van der Waals surface area contributed by atoms with E-state index in [1.165, 1.54) is 17.4 Å². The van der Waals surface area contributed by atoms with Crippen molar-refractivity contribution in [2.45, 2.75) is 13.3 Å². The summed E-state index contributed by atoms with van der Waals surface area (Å²) in [5, 5.41) is 4.64. The predicted octanol–water partition coefficient (Wildman–Crippen LogP) is 4.07. The number of benzene rings is 1. The van der Waals surface area contributed by atoms with Crippen LogP contribution in [-0.2, 0) is 6.42 Å². The van der Waals surface area contributed by atoms with Gasteiger partial charge >= 0.3 is 0 Å². The van der Waals surface area contributed by atoms with Gasteiger partial charge in [-0.2, -0.15) is 4.98 Å². The number of aromatic nitrogens is 2. The number of aryl methyl sites for hydroxylation is 1. The summed E-state index contributed by atoms with van der Waals surface area (Å²) < 4.78 is 19.1. The molecule has 3 aromatic rings. The second-order valence-corrected chi connectivity index (χ2v) is 6.06. The molecular formula is C14H11ClFN3OS. The van der Waals surface area contributed by atoms with E-state index in [1.807, 2.05) is 13.0 Å². The van der Waals surface area contributed by atoms with Gasteiger partial charge in [-0.1, -0.05) is 28.9 Å². The van der Waals surface area contributed by atoms with Crippen LogP contribution in [0, 0.1) is 12.7 Å². The molecule has 7 heteroatoms. The molecular weight excluding hydrogens is 313 g/mol. The summed E-state index contributed by atoms with van der Waals surface area (Å²) in [6, 6.07) is 6.68. The number of hydrogen-bond acceptors (Lipinski definition) is 5. The van der Waals surface area contributed by atoms with Gasteiger partial charge in [0.1, 0.15) is 5.82 Å². The lowest BCUT2D eigenvalue weighted by Gasteiger charge is -2.00. The van der Waals surface area contributed by atoms with Crippen molar-refractivity contribution in [1.82, 2.24) is 10.1 Å². The molecule has 0 saturated heterocycles. The Hall–Kier alpha value is -1.92. The molecule has 3 rings (SSSR count). The van der Waals surface area contributed by atoms with Crippen molar-refractivity contribution >= 4 is 27.9 Å². The van der Waals surface area contributed by atoms with Crippen LogP contribution in [0.15, 0.2) is 28.8 Å². The van der Waals surface area contributed by atoms with E-state index in [1.54, 1.807) is 12.1 Å². The number of nitrogens with two attached hydrogens (primary N) is 1. The van der Waals surface area contributed by atoms with Crippen LogP contribution in [0.3, 0.4) is 0 Å². The minimum atomic E-state index is -0.456. The van der Waals surface area contributed by atoms with Crippen molar-refractivity contribution in [2.24, 2.45) is 0 Å². The Morgan fingerprint density at radius 1 is 1.43 bits per heavy atom. The Balaban J connectivity index is 1.89. The van der Waals surface area contributed by atoms with Crippen molar-refractivity contribution in [1.29, 1.82) is 0 Å². The fourth-order valence-corrected chi connectivity index (χ4v) is 3.05. The van der Waals surface area contributed by atoms with E-state index in [2.05, 4.69) is 10.1 Å². The van der Waals surface area contributed by atoms with E-state index in [-0.39, 0.29) is 11.4 Å². The van der Waals surface area contributed by atoms with Crippen LogP contribution in [0.5, 0.6) is 0 Å². The Kier molecular flexibility index (Phi) is 3.65. The third-order valence-electron chi connectivity index (χ3n) is 2.98. The minimum Gasteiger partial charge on any atom is -0.391 e. The Morgan fingerprint density at radius 2 is 2.24 bits per heavy atom. The molecule has 108 valence electrons. The lowest BCUT2D eigenvalue weighted by Crippen LogP contribution is -1.95. The van der Waals surface area contributed by atoms with Crippen molar-refractivity contribution in [2.75, 3.05) is 5.73 Å². The van der Waals surface area contributed by atoms with Gasteiger partial charge in [0, 0.05) is 6.42 Å². The smallest absolute Gasteiger partial charge is 0.268 e. The zero-order valence-electron chi connectivity index (χ0n) is 11.1. The number of nitrogens with zero attached hydrogens (tertiary/aromatic N) is 2. The molecule has 0 atom stereocenters. The van der Waals surface area contributed by atoms with E-state index in [9.17, 15) is 4.39 Å². The van der Waals surface area contributed by atoms with E-state index in [4.69, 9.17) is 21.9 Å². The average molecular weight is 324 g/mol. The third kappa shape index (κ3) is 2.77. The highest BCUT2D eigenvalue weighted by atomic mass is 35.5. The maximum atomic E-state index is 13.9. The molecule has 2 aromatic heterocycles. The number of rotatable bonds is 3. The lowest BCUT2D eigenvalue weighted by atomic mass is 10.1. The van der Waals surface area contributed by atoms with Gasteiger partial charge in [0.2, 0.25) is 0 Å². The van der Waals surface area contributed by atoms with Crippen LogP contribution >= 0.6 is 22.9 Å². The second-order valence-electron chi connectivity index (χ2n) is 4.57. The van der Waals surface area contributed by atoms with Crippen molar-refractivity contribution in [3.8, 4) is 10.8 Å². The molecule has 0 spiro atoms. The molecule has 0 aliphatic carbocycles. The molecule has 2 N–H and O–H groups in total. The molecule has 0 aliphatic heterocycles. The first-order valence-corrected chi connectivity index (χ1v) is 7.36. The van der Waals surface area contributed by atoms with Crippen molar-refractivity contribution < 1.29 is 8.91 Å². The standard InChI is InChI=1S/C14H11ClFN3OS/c1-7-5-10(17)21-13(7)14-18-11(19-20-14)6-8-3-2-4-9(15)12(8)16/h2-5H,6,17H2,1H3. The molecule has 0 saturated carbocycles. The van der Waals surface area contributed by atoms with E-state index in [0.717, 1.165) is 10.4 Å². The summed E-state index contributed by atoms with van der Waals surface area (Å²) in [7, 11) is 0. The van der Waals surface area contributed by atoms with Gasteiger partial charge in [0.05, 0.1) is 14.9 Å². The minimum absolute atomic E-state index is 0.0816. The van der Waals surface area contributed by atoms with E-state index >= 15 is 0 Å². The molecule has 0 fully saturated rings. The van der Waals surface area contributed by atoms with E-state index in [0.29, 0.717) is 22.3 Å². The molecule has 0 aliphatic rings. The summed E-state index contributed by atoms with van der Waals surface area (Å²) in [6.07, 6.45) is 0.218. The third-order valence-corrected chi connectivity index (χ3v) is 4.33. The van der Waals surface area contributed by atoms with Gasteiger partial charge < -0.3 is 10.3 Å². The maximum absolute atomic E-state index is 13.9. The van der Waals surface area contributed by atoms with Crippen LogP contribution in [0.4, 0.5) is 9.39 Å². The summed E-state index contributed by atoms with van der Waals surface area (Å²) in [6.45, 7) is 1.92. The first-order valence-electron chi connectivity index (χ1n) is 6.16. The number of anilines is 1. The van der Waals surface area contributed by atoms with Crippen molar-refractivity contribution in [3.05, 3.63) is 52.1 Å². The topological polar surface area (TPSA) is 64.9 Å². The number of nitrogen functional groups attached to an aromatic ring is 1. The highest BCUT2D eigenvalue weighted by molar-refractivity contribution is 7.19. The van der Waals surface area contributed by atoms with Gasteiger partial charge in [-0.3, -0.25) is 0 Å². The van der Waals surface area contributed by atoms with Crippen LogP contribution in [0.2, 0.25) is 5.02 Å². The molecule has 0 unspecified atom stereocenters. The zero-order valence-corrected chi connectivity index (χ0v) is 12.6. The largest absolute Gasteiger partial charge is 0.391 e. The fourth-order valence-electron chi connectivity index (χ4n) is 1.99. The Labute approximate surface area is 129 Å².